The number of anilines is 2. The van der Waals surface area contributed by atoms with Crippen LogP contribution < -0.4 is 14.8 Å². The van der Waals surface area contributed by atoms with Gasteiger partial charge in [0.2, 0.25) is 10.0 Å². The van der Waals surface area contributed by atoms with Gasteiger partial charge in [0.05, 0.1) is 24.1 Å². The van der Waals surface area contributed by atoms with Crippen molar-refractivity contribution in [2.45, 2.75) is 6.92 Å². The highest BCUT2D eigenvalue weighted by molar-refractivity contribution is 7.92. The van der Waals surface area contributed by atoms with Crippen molar-refractivity contribution in [3.8, 4) is 5.75 Å². The van der Waals surface area contributed by atoms with E-state index in [4.69, 9.17) is 4.74 Å². The SMILES string of the molecule is CCOc1ccccc1C(=O)Nc1cccc(NS(C)(=O)=O)c1. The minimum absolute atomic E-state index is 0.328. The summed E-state index contributed by atoms with van der Waals surface area (Å²) in [6, 6.07) is 13.4. The molecule has 0 fully saturated rings. The molecule has 0 aliphatic heterocycles. The van der Waals surface area contributed by atoms with E-state index in [1.807, 2.05) is 6.92 Å². The number of ether oxygens (including phenoxy) is 1. The molecule has 23 heavy (non-hydrogen) atoms. The van der Waals surface area contributed by atoms with Crippen molar-refractivity contribution in [3.05, 3.63) is 54.1 Å². The van der Waals surface area contributed by atoms with Gasteiger partial charge in [-0.2, -0.15) is 0 Å². The smallest absolute Gasteiger partial charge is 0.259 e. The second-order valence-electron chi connectivity index (χ2n) is 4.84. The van der Waals surface area contributed by atoms with Crippen LogP contribution in [0.15, 0.2) is 48.5 Å². The average Bonchev–Trinajstić information content (AvgIpc) is 2.46. The van der Waals surface area contributed by atoms with E-state index >= 15 is 0 Å². The Morgan fingerprint density at radius 2 is 1.78 bits per heavy atom. The molecule has 0 unspecified atom stereocenters. The summed E-state index contributed by atoms with van der Waals surface area (Å²) in [6.45, 7) is 2.30. The molecule has 0 radical (unpaired) electrons. The number of rotatable bonds is 6. The van der Waals surface area contributed by atoms with Crippen molar-refractivity contribution in [2.24, 2.45) is 0 Å². The Morgan fingerprint density at radius 3 is 2.48 bits per heavy atom. The average molecular weight is 334 g/mol. The van der Waals surface area contributed by atoms with Gasteiger partial charge in [0, 0.05) is 5.69 Å². The lowest BCUT2D eigenvalue weighted by Gasteiger charge is -2.11. The van der Waals surface area contributed by atoms with Crippen LogP contribution in [0, 0.1) is 0 Å². The molecule has 7 heteroatoms. The van der Waals surface area contributed by atoms with Gasteiger partial charge in [0.15, 0.2) is 0 Å². The minimum Gasteiger partial charge on any atom is -0.493 e. The molecule has 6 nitrogen and oxygen atoms in total. The molecule has 0 heterocycles. The van der Waals surface area contributed by atoms with Gasteiger partial charge in [-0.15, -0.1) is 0 Å². The van der Waals surface area contributed by atoms with Gasteiger partial charge < -0.3 is 10.1 Å². The number of carbonyl (C=O) groups is 1. The van der Waals surface area contributed by atoms with E-state index in [1.165, 1.54) is 0 Å². The molecule has 1 amide bonds. The van der Waals surface area contributed by atoms with Gasteiger partial charge in [-0.1, -0.05) is 18.2 Å². The maximum absolute atomic E-state index is 12.4. The number of hydrogen-bond donors (Lipinski definition) is 2. The van der Waals surface area contributed by atoms with Gasteiger partial charge in [-0.05, 0) is 37.3 Å². The van der Waals surface area contributed by atoms with E-state index in [-0.39, 0.29) is 5.91 Å². The van der Waals surface area contributed by atoms with Gasteiger partial charge in [-0.25, -0.2) is 8.42 Å². The Bertz CT molecular complexity index is 803. The van der Waals surface area contributed by atoms with Crippen LogP contribution in [0.3, 0.4) is 0 Å². The van der Waals surface area contributed by atoms with Crippen LogP contribution in [-0.4, -0.2) is 27.2 Å². The Kier molecular flexibility index (Phi) is 5.23. The Morgan fingerprint density at radius 1 is 1.09 bits per heavy atom. The van der Waals surface area contributed by atoms with Crippen LogP contribution in [0.25, 0.3) is 0 Å². The van der Waals surface area contributed by atoms with Crippen LogP contribution in [0.5, 0.6) is 5.75 Å². The van der Waals surface area contributed by atoms with Crippen molar-refractivity contribution >= 4 is 27.3 Å². The number of amides is 1. The fraction of sp³-hybridized carbons (Fsp3) is 0.188. The molecule has 2 aromatic carbocycles. The van der Waals surface area contributed by atoms with Gasteiger partial charge >= 0.3 is 0 Å². The molecular formula is C16H18N2O4S. The number of nitrogens with one attached hydrogen (secondary N) is 2. The summed E-state index contributed by atoms with van der Waals surface area (Å²) in [7, 11) is -3.37. The van der Waals surface area contributed by atoms with Crippen LogP contribution in [0.4, 0.5) is 11.4 Å². The van der Waals surface area contributed by atoms with E-state index in [1.54, 1.807) is 48.5 Å². The summed E-state index contributed by atoms with van der Waals surface area (Å²) in [6.07, 6.45) is 1.07. The normalized spacial score (nSPS) is 10.9. The maximum Gasteiger partial charge on any atom is 0.259 e. The second kappa shape index (κ2) is 7.15. The highest BCUT2D eigenvalue weighted by Gasteiger charge is 2.12. The molecule has 0 bridgehead atoms. The van der Waals surface area contributed by atoms with E-state index in [9.17, 15) is 13.2 Å². The molecule has 0 saturated heterocycles. The quantitative estimate of drug-likeness (QED) is 0.850. The Balaban J connectivity index is 2.19. The van der Waals surface area contributed by atoms with Gasteiger partial charge in [0.25, 0.3) is 5.91 Å². The van der Waals surface area contributed by atoms with Crippen molar-refractivity contribution in [3.63, 3.8) is 0 Å². The number of benzene rings is 2. The lowest BCUT2D eigenvalue weighted by molar-refractivity contribution is 0.102. The minimum atomic E-state index is -3.37. The zero-order valence-electron chi connectivity index (χ0n) is 12.9. The molecule has 0 saturated carbocycles. The van der Waals surface area contributed by atoms with Gasteiger partial charge in [0.1, 0.15) is 5.75 Å². The third-order valence-electron chi connectivity index (χ3n) is 2.86. The van der Waals surface area contributed by atoms with E-state index < -0.39 is 10.0 Å². The van der Waals surface area contributed by atoms with Gasteiger partial charge in [-0.3, -0.25) is 9.52 Å². The Hall–Kier alpha value is -2.54. The third kappa shape index (κ3) is 5.00. The summed E-state index contributed by atoms with van der Waals surface area (Å²) < 4.78 is 30.3. The molecule has 0 aromatic heterocycles. The van der Waals surface area contributed by atoms with Crippen LogP contribution in [-0.2, 0) is 10.0 Å². The van der Waals surface area contributed by atoms with Crippen molar-refractivity contribution < 1.29 is 17.9 Å². The molecule has 2 rings (SSSR count). The first-order valence-electron chi connectivity index (χ1n) is 7.00. The summed E-state index contributed by atoms with van der Waals surface area (Å²) in [4.78, 5) is 12.4. The molecule has 2 N–H and O–H groups in total. The lowest BCUT2D eigenvalue weighted by Crippen LogP contribution is -2.14. The first kappa shape index (κ1) is 16.8. The van der Waals surface area contributed by atoms with Crippen LogP contribution in [0.1, 0.15) is 17.3 Å². The molecular weight excluding hydrogens is 316 g/mol. The number of hydrogen-bond acceptors (Lipinski definition) is 4. The number of para-hydroxylation sites is 1. The summed E-state index contributed by atoms with van der Waals surface area (Å²) in [5.74, 6) is 0.170. The highest BCUT2D eigenvalue weighted by Crippen LogP contribution is 2.21. The second-order valence-corrected chi connectivity index (χ2v) is 6.59. The monoisotopic (exact) mass is 334 g/mol. The summed E-state index contributed by atoms with van der Waals surface area (Å²) in [5.41, 5.74) is 1.27. The van der Waals surface area contributed by atoms with Crippen LogP contribution in [0.2, 0.25) is 0 Å². The zero-order valence-corrected chi connectivity index (χ0v) is 13.7. The fourth-order valence-electron chi connectivity index (χ4n) is 2.01. The number of carbonyl (C=O) groups excluding carboxylic acids is 1. The predicted octanol–water partition coefficient (Wildman–Crippen LogP) is 2.71. The molecule has 0 aliphatic carbocycles. The molecule has 2 aromatic rings. The largest absolute Gasteiger partial charge is 0.493 e. The third-order valence-corrected chi connectivity index (χ3v) is 3.46. The van der Waals surface area contributed by atoms with E-state index in [2.05, 4.69) is 10.0 Å². The maximum atomic E-state index is 12.4. The first-order chi connectivity index (χ1) is 10.9. The molecule has 0 spiro atoms. The topological polar surface area (TPSA) is 84.5 Å². The summed E-state index contributed by atoms with van der Waals surface area (Å²) >= 11 is 0. The van der Waals surface area contributed by atoms with Crippen molar-refractivity contribution in [1.29, 1.82) is 0 Å². The predicted molar refractivity (Wildman–Crippen MR) is 90.5 cm³/mol. The molecule has 0 atom stereocenters. The highest BCUT2D eigenvalue weighted by atomic mass is 32.2. The number of sulfonamides is 1. The first-order valence-corrected chi connectivity index (χ1v) is 8.89. The molecule has 0 aliphatic rings. The van der Waals surface area contributed by atoms with Crippen molar-refractivity contribution in [1.82, 2.24) is 0 Å². The standard InChI is InChI=1S/C16H18N2O4S/c1-3-22-15-10-5-4-9-14(15)16(19)17-12-7-6-8-13(11-12)18-23(2,20)21/h4-11,18H,3H2,1-2H3,(H,17,19). The fourth-order valence-corrected chi connectivity index (χ4v) is 2.56. The summed E-state index contributed by atoms with van der Waals surface area (Å²) in [5, 5.41) is 2.73. The molecule has 122 valence electrons. The van der Waals surface area contributed by atoms with Crippen molar-refractivity contribution in [2.75, 3.05) is 22.9 Å². The Labute approximate surface area is 135 Å². The van der Waals surface area contributed by atoms with E-state index in [0.717, 1.165) is 6.26 Å². The van der Waals surface area contributed by atoms with E-state index in [0.29, 0.717) is 29.3 Å². The zero-order chi connectivity index (χ0) is 16.9. The van der Waals surface area contributed by atoms with Crippen LogP contribution >= 0.6 is 0 Å². The lowest BCUT2D eigenvalue weighted by atomic mass is 10.2.